The van der Waals surface area contributed by atoms with Crippen molar-refractivity contribution in [2.45, 2.75) is 19.6 Å². The molecule has 25 heavy (non-hydrogen) atoms. The number of hydrogen-bond donors (Lipinski definition) is 0. The average Bonchev–Trinajstić information content (AvgIpc) is 2.66. The van der Waals surface area contributed by atoms with E-state index in [2.05, 4.69) is 0 Å². The SMILES string of the molecule is COCc1cccc(C(=O)N2CCc3cc(OC)c(OC)cc3C2)c1. The van der Waals surface area contributed by atoms with Gasteiger partial charge < -0.3 is 19.1 Å². The van der Waals surface area contributed by atoms with Crippen molar-refractivity contribution in [1.29, 1.82) is 0 Å². The molecule has 0 aliphatic carbocycles. The molecule has 2 aromatic carbocycles. The van der Waals surface area contributed by atoms with E-state index in [-0.39, 0.29) is 5.91 Å². The second-order valence-corrected chi connectivity index (χ2v) is 6.09. The Morgan fingerprint density at radius 1 is 1.04 bits per heavy atom. The minimum Gasteiger partial charge on any atom is -0.493 e. The van der Waals surface area contributed by atoms with Gasteiger partial charge in [-0.15, -0.1) is 0 Å². The molecule has 0 aromatic heterocycles. The summed E-state index contributed by atoms with van der Waals surface area (Å²) in [6.45, 7) is 1.76. The third-order valence-electron chi connectivity index (χ3n) is 4.49. The van der Waals surface area contributed by atoms with Crippen LogP contribution in [-0.2, 0) is 24.3 Å². The molecule has 132 valence electrons. The van der Waals surface area contributed by atoms with Crippen LogP contribution in [0.1, 0.15) is 27.0 Å². The van der Waals surface area contributed by atoms with E-state index < -0.39 is 0 Å². The molecule has 1 amide bonds. The molecule has 0 saturated carbocycles. The standard InChI is InChI=1S/C20H23NO4/c1-23-13-14-5-4-6-16(9-14)20(22)21-8-7-15-10-18(24-2)19(25-3)11-17(15)12-21/h4-6,9-11H,7-8,12-13H2,1-3H3. The van der Waals surface area contributed by atoms with E-state index in [9.17, 15) is 4.79 Å². The molecule has 0 unspecified atom stereocenters. The van der Waals surface area contributed by atoms with Gasteiger partial charge in [0.1, 0.15) is 0 Å². The molecule has 3 rings (SSSR count). The van der Waals surface area contributed by atoms with Crippen LogP contribution in [0, 0.1) is 0 Å². The molecular formula is C20H23NO4. The maximum Gasteiger partial charge on any atom is 0.254 e. The van der Waals surface area contributed by atoms with Gasteiger partial charge in [0.15, 0.2) is 11.5 Å². The van der Waals surface area contributed by atoms with E-state index in [1.165, 1.54) is 5.56 Å². The lowest BCUT2D eigenvalue weighted by Gasteiger charge is -2.30. The summed E-state index contributed by atoms with van der Waals surface area (Å²) in [5.41, 5.74) is 4.00. The molecule has 0 bridgehead atoms. The largest absolute Gasteiger partial charge is 0.493 e. The molecule has 0 atom stereocenters. The zero-order valence-corrected chi connectivity index (χ0v) is 14.9. The number of carbonyl (C=O) groups excluding carboxylic acids is 1. The maximum absolute atomic E-state index is 12.9. The lowest BCUT2D eigenvalue weighted by Crippen LogP contribution is -2.36. The Kier molecular flexibility index (Phi) is 5.24. The summed E-state index contributed by atoms with van der Waals surface area (Å²) >= 11 is 0. The van der Waals surface area contributed by atoms with Crippen molar-refractivity contribution in [2.24, 2.45) is 0 Å². The van der Waals surface area contributed by atoms with Crippen molar-refractivity contribution in [1.82, 2.24) is 4.90 Å². The summed E-state index contributed by atoms with van der Waals surface area (Å²) in [6, 6.07) is 11.6. The summed E-state index contributed by atoms with van der Waals surface area (Å²) in [7, 11) is 4.91. The van der Waals surface area contributed by atoms with Gasteiger partial charge >= 0.3 is 0 Å². The number of rotatable bonds is 5. The van der Waals surface area contributed by atoms with Gasteiger partial charge in [-0.3, -0.25) is 4.79 Å². The van der Waals surface area contributed by atoms with Crippen molar-refractivity contribution in [3.05, 3.63) is 58.7 Å². The van der Waals surface area contributed by atoms with Crippen LogP contribution in [0.25, 0.3) is 0 Å². The molecular weight excluding hydrogens is 318 g/mol. The highest BCUT2D eigenvalue weighted by atomic mass is 16.5. The van der Waals surface area contributed by atoms with Gasteiger partial charge in [0.25, 0.3) is 5.91 Å². The Hall–Kier alpha value is -2.53. The molecule has 0 radical (unpaired) electrons. The Morgan fingerprint density at radius 2 is 1.76 bits per heavy atom. The van der Waals surface area contributed by atoms with E-state index in [1.54, 1.807) is 21.3 Å². The van der Waals surface area contributed by atoms with Gasteiger partial charge in [0.05, 0.1) is 20.8 Å². The number of fused-ring (bicyclic) bond motifs is 1. The number of ether oxygens (including phenoxy) is 3. The summed E-state index contributed by atoms with van der Waals surface area (Å²) < 4.78 is 15.9. The third kappa shape index (κ3) is 3.61. The highest BCUT2D eigenvalue weighted by Crippen LogP contribution is 2.33. The zero-order valence-electron chi connectivity index (χ0n) is 14.9. The molecule has 0 saturated heterocycles. The minimum absolute atomic E-state index is 0.0402. The van der Waals surface area contributed by atoms with Gasteiger partial charge in [0.2, 0.25) is 0 Å². The van der Waals surface area contributed by atoms with Crippen LogP contribution in [0.15, 0.2) is 36.4 Å². The van der Waals surface area contributed by atoms with Gasteiger partial charge in [0, 0.05) is 25.8 Å². The first-order valence-electron chi connectivity index (χ1n) is 8.27. The van der Waals surface area contributed by atoms with Crippen LogP contribution in [0.2, 0.25) is 0 Å². The smallest absolute Gasteiger partial charge is 0.254 e. The van der Waals surface area contributed by atoms with Gasteiger partial charge in [-0.1, -0.05) is 12.1 Å². The van der Waals surface area contributed by atoms with E-state index in [4.69, 9.17) is 14.2 Å². The van der Waals surface area contributed by atoms with Crippen LogP contribution in [-0.4, -0.2) is 38.7 Å². The second-order valence-electron chi connectivity index (χ2n) is 6.09. The third-order valence-corrected chi connectivity index (χ3v) is 4.49. The van der Waals surface area contributed by atoms with E-state index in [0.29, 0.717) is 31.0 Å². The van der Waals surface area contributed by atoms with Gasteiger partial charge in [-0.2, -0.15) is 0 Å². The number of hydrogen-bond acceptors (Lipinski definition) is 4. The molecule has 1 heterocycles. The van der Waals surface area contributed by atoms with Crippen molar-refractivity contribution >= 4 is 5.91 Å². The molecule has 5 nitrogen and oxygen atoms in total. The molecule has 2 aromatic rings. The second kappa shape index (κ2) is 7.57. The van der Waals surface area contributed by atoms with Crippen LogP contribution in [0.5, 0.6) is 11.5 Å². The first-order valence-corrected chi connectivity index (χ1v) is 8.27. The Balaban J connectivity index is 1.82. The molecule has 1 aliphatic rings. The maximum atomic E-state index is 12.9. The quantitative estimate of drug-likeness (QED) is 0.839. The van der Waals surface area contributed by atoms with E-state index >= 15 is 0 Å². The van der Waals surface area contributed by atoms with Crippen LogP contribution >= 0.6 is 0 Å². The van der Waals surface area contributed by atoms with Crippen LogP contribution in [0.4, 0.5) is 0 Å². The topological polar surface area (TPSA) is 48.0 Å². The van der Waals surface area contributed by atoms with Crippen molar-refractivity contribution in [3.8, 4) is 11.5 Å². The van der Waals surface area contributed by atoms with Gasteiger partial charge in [-0.25, -0.2) is 0 Å². The van der Waals surface area contributed by atoms with Crippen LogP contribution in [0.3, 0.4) is 0 Å². The number of benzene rings is 2. The molecule has 0 spiro atoms. The number of amides is 1. The molecule has 1 aliphatic heterocycles. The predicted octanol–water partition coefficient (Wildman–Crippen LogP) is 3.05. The highest BCUT2D eigenvalue weighted by molar-refractivity contribution is 5.94. The highest BCUT2D eigenvalue weighted by Gasteiger charge is 2.23. The summed E-state index contributed by atoms with van der Waals surface area (Å²) in [4.78, 5) is 14.7. The minimum atomic E-state index is 0.0402. The normalized spacial score (nSPS) is 13.3. The Bertz CT molecular complexity index is 772. The van der Waals surface area contributed by atoms with E-state index in [0.717, 1.165) is 23.3 Å². The fourth-order valence-electron chi connectivity index (χ4n) is 3.20. The summed E-state index contributed by atoms with van der Waals surface area (Å²) in [6.07, 6.45) is 0.805. The fraction of sp³-hybridized carbons (Fsp3) is 0.350. The predicted molar refractivity (Wildman–Crippen MR) is 95.1 cm³/mol. The Morgan fingerprint density at radius 3 is 2.44 bits per heavy atom. The first-order chi connectivity index (χ1) is 12.2. The summed E-state index contributed by atoms with van der Waals surface area (Å²) in [5.74, 6) is 1.46. The van der Waals surface area contributed by atoms with E-state index in [1.807, 2.05) is 41.3 Å². The summed E-state index contributed by atoms with van der Waals surface area (Å²) in [5, 5.41) is 0. The molecule has 0 fully saturated rings. The first kappa shape index (κ1) is 17.3. The Labute approximate surface area is 148 Å². The fourth-order valence-corrected chi connectivity index (χ4v) is 3.20. The lowest BCUT2D eigenvalue weighted by atomic mass is 9.98. The van der Waals surface area contributed by atoms with Crippen molar-refractivity contribution in [2.75, 3.05) is 27.9 Å². The zero-order chi connectivity index (χ0) is 17.8. The van der Waals surface area contributed by atoms with Gasteiger partial charge in [-0.05, 0) is 47.4 Å². The average molecular weight is 341 g/mol. The molecule has 5 heteroatoms. The van der Waals surface area contributed by atoms with Crippen LogP contribution < -0.4 is 9.47 Å². The number of nitrogens with zero attached hydrogens (tertiary/aromatic N) is 1. The van der Waals surface area contributed by atoms with Crippen molar-refractivity contribution in [3.63, 3.8) is 0 Å². The monoisotopic (exact) mass is 341 g/mol. The van der Waals surface area contributed by atoms with Crippen molar-refractivity contribution < 1.29 is 19.0 Å². The molecule has 0 N–H and O–H groups in total. The lowest BCUT2D eigenvalue weighted by molar-refractivity contribution is 0.0734. The number of methoxy groups -OCH3 is 3. The number of carbonyl (C=O) groups is 1.